The standard InChI is InChI=1S/C16H18N2O3S/c1-16(15(20)17-2)10-18(7-8-21-16)14(19)13-9-11-5-3-4-6-12(11)22-13/h3-6,9H,7-8,10H2,1-2H3,(H,17,20)/t16-/m1/s1. The van der Waals surface area contributed by atoms with Crippen molar-refractivity contribution in [3.8, 4) is 0 Å². The molecule has 0 spiro atoms. The van der Waals surface area contributed by atoms with Crippen LogP contribution in [0.3, 0.4) is 0 Å². The molecular formula is C16H18N2O3S. The molecule has 22 heavy (non-hydrogen) atoms. The summed E-state index contributed by atoms with van der Waals surface area (Å²) in [5, 5.41) is 3.66. The monoisotopic (exact) mass is 318 g/mol. The molecule has 0 bridgehead atoms. The molecule has 0 aliphatic carbocycles. The molecule has 1 aliphatic heterocycles. The van der Waals surface area contributed by atoms with Gasteiger partial charge in [-0.25, -0.2) is 0 Å². The summed E-state index contributed by atoms with van der Waals surface area (Å²) in [6, 6.07) is 9.83. The zero-order valence-corrected chi connectivity index (χ0v) is 13.4. The number of hydrogen-bond acceptors (Lipinski definition) is 4. The van der Waals surface area contributed by atoms with Gasteiger partial charge in [-0.05, 0) is 24.4 Å². The van der Waals surface area contributed by atoms with Crippen LogP contribution in [0.5, 0.6) is 0 Å². The van der Waals surface area contributed by atoms with E-state index in [9.17, 15) is 9.59 Å². The van der Waals surface area contributed by atoms with E-state index in [1.54, 1.807) is 18.9 Å². The predicted octanol–water partition coefficient (Wildman–Crippen LogP) is 1.88. The molecule has 5 nitrogen and oxygen atoms in total. The Labute approximate surface area is 132 Å². The fourth-order valence-electron chi connectivity index (χ4n) is 2.69. The fourth-order valence-corrected chi connectivity index (χ4v) is 3.72. The SMILES string of the molecule is CNC(=O)[C@@]1(C)CN(C(=O)c2cc3ccccc3s2)CCO1. The number of amides is 2. The third-order valence-corrected chi connectivity index (χ3v) is 5.01. The van der Waals surface area contributed by atoms with Gasteiger partial charge in [-0.2, -0.15) is 0 Å². The second-order valence-electron chi connectivity index (χ2n) is 5.53. The van der Waals surface area contributed by atoms with E-state index < -0.39 is 5.60 Å². The molecule has 3 rings (SSSR count). The van der Waals surface area contributed by atoms with Crippen LogP contribution in [0.15, 0.2) is 30.3 Å². The fraction of sp³-hybridized carbons (Fsp3) is 0.375. The third kappa shape index (κ3) is 2.60. The summed E-state index contributed by atoms with van der Waals surface area (Å²) in [6.45, 7) is 2.84. The van der Waals surface area contributed by atoms with Crippen molar-refractivity contribution >= 4 is 33.2 Å². The summed E-state index contributed by atoms with van der Waals surface area (Å²) in [7, 11) is 1.57. The van der Waals surface area contributed by atoms with E-state index in [1.807, 2.05) is 30.3 Å². The van der Waals surface area contributed by atoms with Gasteiger partial charge in [0, 0.05) is 18.3 Å². The normalized spacial score (nSPS) is 21.8. The van der Waals surface area contributed by atoms with E-state index in [1.165, 1.54) is 11.3 Å². The first kappa shape index (κ1) is 15.0. The molecule has 0 radical (unpaired) electrons. The van der Waals surface area contributed by atoms with Crippen LogP contribution in [-0.2, 0) is 9.53 Å². The van der Waals surface area contributed by atoms with Crippen molar-refractivity contribution in [1.29, 1.82) is 0 Å². The highest BCUT2D eigenvalue weighted by molar-refractivity contribution is 7.20. The van der Waals surface area contributed by atoms with Gasteiger partial charge in [0.1, 0.15) is 0 Å². The average molecular weight is 318 g/mol. The van der Waals surface area contributed by atoms with Gasteiger partial charge in [0.05, 0.1) is 18.0 Å². The van der Waals surface area contributed by atoms with Crippen molar-refractivity contribution in [2.45, 2.75) is 12.5 Å². The molecule has 1 atom stereocenters. The quantitative estimate of drug-likeness (QED) is 0.920. The zero-order chi connectivity index (χ0) is 15.7. The summed E-state index contributed by atoms with van der Waals surface area (Å²) < 4.78 is 6.68. The van der Waals surface area contributed by atoms with E-state index in [4.69, 9.17) is 4.74 Å². The maximum atomic E-state index is 12.7. The number of thiophene rings is 1. The lowest BCUT2D eigenvalue weighted by Crippen LogP contribution is -2.58. The number of nitrogens with one attached hydrogen (secondary N) is 1. The lowest BCUT2D eigenvalue weighted by atomic mass is 10.0. The van der Waals surface area contributed by atoms with E-state index in [0.29, 0.717) is 18.0 Å². The van der Waals surface area contributed by atoms with Crippen LogP contribution in [0.1, 0.15) is 16.6 Å². The lowest BCUT2D eigenvalue weighted by Gasteiger charge is -2.38. The number of fused-ring (bicyclic) bond motifs is 1. The molecule has 1 aliphatic rings. The summed E-state index contributed by atoms with van der Waals surface area (Å²) >= 11 is 1.48. The first-order chi connectivity index (χ1) is 10.5. The molecule has 2 aromatic rings. The van der Waals surface area contributed by atoms with Crippen molar-refractivity contribution in [2.24, 2.45) is 0 Å². The van der Waals surface area contributed by atoms with E-state index in [-0.39, 0.29) is 18.4 Å². The maximum absolute atomic E-state index is 12.7. The minimum absolute atomic E-state index is 0.0420. The number of likely N-dealkylation sites (N-methyl/N-ethyl adjacent to an activating group) is 1. The largest absolute Gasteiger partial charge is 0.362 e. The topological polar surface area (TPSA) is 58.6 Å². The van der Waals surface area contributed by atoms with Gasteiger partial charge in [-0.1, -0.05) is 18.2 Å². The molecule has 2 heterocycles. The van der Waals surface area contributed by atoms with Crippen LogP contribution in [0.25, 0.3) is 10.1 Å². The van der Waals surface area contributed by atoms with E-state index >= 15 is 0 Å². The number of carbonyl (C=O) groups excluding carboxylic acids is 2. The highest BCUT2D eigenvalue weighted by atomic mass is 32.1. The Bertz CT molecular complexity index is 694. The Morgan fingerprint density at radius 1 is 1.36 bits per heavy atom. The van der Waals surface area contributed by atoms with Gasteiger partial charge in [0.25, 0.3) is 11.8 Å². The van der Waals surface area contributed by atoms with Crippen molar-refractivity contribution in [2.75, 3.05) is 26.7 Å². The Morgan fingerprint density at radius 2 is 2.14 bits per heavy atom. The van der Waals surface area contributed by atoms with Gasteiger partial charge >= 0.3 is 0 Å². The highest BCUT2D eigenvalue weighted by Gasteiger charge is 2.40. The Morgan fingerprint density at radius 3 is 2.86 bits per heavy atom. The van der Waals surface area contributed by atoms with Gasteiger partial charge in [-0.3, -0.25) is 9.59 Å². The maximum Gasteiger partial charge on any atom is 0.264 e. The average Bonchev–Trinajstić information content (AvgIpc) is 2.97. The van der Waals surface area contributed by atoms with Crippen LogP contribution < -0.4 is 5.32 Å². The highest BCUT2D eigenvalue weighted by Crippen LogP contribution is 2.28. The Hall–Kier alpha value is -1.92. The second-order valence-corrected chi connectivity index (χ2v) is 6.62. The van der Waals surface area contributed by atoms with Crippen LogP contribution in [0.4, 0.5) is 0 Å². The molecule has 6 heteroatoms. The summed E-state index contributed by atoms with van der Waals surface area (Å²) in [5.41, 5.74) is -0.987. The van der Waals surface area contributed by atoms with Gasteiger partial charge in [0.15, 0.2) is 5.60 Å². The van der Waals surface area contributed by atoms with Crippen LogP contribution in [0.2, 0.25) is 0 Å². The van der Waals surface area contributed by atoms with Crippen molar-refractivity contribution in [3.05, 3.63) is 35.2 Å². The van der Waals surface area contributed by atoms with Crippen LogP contribution >= 0.6 is 11.3 Å². The lowest BCUT2D eigenvalue weighted by molar-refractivity contribution is -0.153. The van der Waals surface area contributed by atoms with Crippen molar-refractivity contribution < 1.29 is 14.3 Å². The first-order valence-corrected chi connectivity index (χ1v) is 7.99. The van der Waals surface area contributed by atoms with Gasteiger partial charge in [-0.15, -0.1) is 11.3 Å². The Balaban J connectivity index is 1.83. The molecule has 1 aromatic heterocycles. The predicted molar refractivity (Wildman–Crippen MR) is 86.2 cm³/mol. The van der Waals surface area contributed by atoms with Crippen molar-refractivity contribution in [1.82, 2.24) is 10.2 Å². The van der Waals surface area contributed by atoms with Gasteiger partial charge in [0.2, 0.25) is 0 Å². The van der Waals surface area contributed by atoms with E-state index in [0.717, 1.165) is 10.1 Å². The summed E-state index contributed by atoms with van der Waals surface area (Å²) in [5.74, 6) is -0.249. The second kappa shape index (κ2) is 5.70. The molecule has 0 unspecified atom stereocenters. The summed E-state index contributed by atoms with van der Waals surface area (Å²) in [4.78, 5) is 27.1. The first-order valence-electron chi connectivity index (χ1n) is 7.17. The minimum atomic E-state index is -0.987. The van der Waals surface area contributed by atoms with Crippen LogP contribution in [-0.4, -0.2) is 49.1 Å². The molecule has 2 amide bonds. The zero-order valence-electron chi connectivity index (χ0n) is 12.6. The number of carbonyl (C=O) groups is 2. The molecule has 1 saturated heterocycles. The number of nitrogens with zero attached hydrogens (tertiary/aromatic N) is 1. The third-order valence-electron chi connectivity index (χ3n) is 3.91. The molecular weight excluding hydrogens is 300 g/mol. The Kier molecular flexibility index (Phi) is 3.88. The number of ether oxygens (including phenoxy) is 1. The molecule has 1 aromatic carbocycles. The number of benzene rings is 1. The molecule has 1 N–H and O–H groups in total. The number of hydrogen-bond donors (Lipinski definition) is 1. The summed E-state index contributed by atoms with van der Waals surface area (Å²) in [6.07, 6.45) is 0. The molecule has 1 fully saturated rings. The van der Waals surface area contributed by atoms with E-state index in [2.05, 4.69) is 5.32 Å². The molecule has 116 valence electrons. The number of rotatable bonds is 2. The van der Waals surface area contributed by atoms with Gasteiger partial charge < -0.3 is 15.0 Å². The smallest absolute Gasteiger partial charge is 0.264 e. The number of morpholine rings is 1. The van der Waals surface area contributed by atoms with Crippen molar-refractivity contribution in [3.63, 3.8) is 0 Å². The minimum Gasteiger partial charge on any atom is -0.362 e. The van der Waals surface area contributed by atoms with Crippen LogP contribution in [0, 0.1) is 0 Å². The molecule has 0 saturated carbocycles.